The molecular weight excluding hydrogens is 184 g/mol. The number of benzene rings is 1. The zero-order valence-corrected chi connectivity index (χ0v) is 8.22. The lowest BCUT2D eigenvalue weighted by Crippen LogP contribution is -2.25. The largest absolute Gasteiger partial charge is 0.319 e. The van der Waals surface area contributed by atoms with Crippen molar-refractivity contribution < 1.29 is 0 Å². The number of hydrazine groups is 1. The Morgan fingerprint density at radius 2 is 2.00 bits per heavy atom. The monoisotopic (exact) mass is 196 g/mol. The summed E-state index contributed by atoms with van der Waals surface area (Å²) in [4.78, 5) is 0. The molecule has 1 aliphatic rings. The Hall–Kier alpha value is -0.730. The van der Waals surface area contributed by atoms with Gasteiger partial charge >= 0.3 is 0 Å². The quantitative estimate of drug-likeness (QED) is 0.783. The number of nitrogens with zero attached hydrogens (tertiary/aromatic N) is 1. The first-order valence-corrected chi connectivity index (χ1v) is 4.99. The molecule has 1 aliphatic heterocycles. The van der Waals surface area contributed by atoms with Gasteiger partial charge in [-0.2, -0.15) is 0 Å². The number of halogens is 1. The fourth-order valence-corrected chi connectivity index (χ4v) is 1.76. The van der Waals surface area contributed by atoms with E-state index in [0.29, 0.717) is 0 Å². The molecule has 70 valence electrons. The van der Waals surface area contributed by atoms with E-state index in [1.807, 2.05) is 24.3 Å². The van der Waals surface area contributed by atoms with Crippen LogP contribution in [0, 0.1) is 0 Å². The van der Waals surface area contributed by atoms with Crippen LogP contribution in [-0.2, 0) is 0 Å². The van der Waals surface area contributed by atoms with Crippen LogP contribution in [0.15, 0.2) is 24.3 Å². The second-order valence-corrected chi connectivity index (χ2v) is 3.75. The molecule has 0 saturated carbocycles. The predicted octanol–water partition coefficient (Wildman–Crippen LogP) is 2.76. The van der Waals surface area contributed by atoms with Crippen LogP contribution >= 0.6 is 11.6 Å². The van der Waals surface area contributed by atoms with E-state index in [0.717, 1.165) is 23.8 Å². The molecule has 1 heterocycles. The van der Waals surface area contributed by atoms with Gasteiger partial charge in [0.25, 0.3) is 0 Å². The van der Waals surface area contributed by atoms with Crippen molar-refractivity contribution in [2.75, 3.05) is 18.5 Å². The minimum Gasteiger partial charge on any atom is -0.319 e. The van der Waals surface area contributed by atoms with Gasteiger partial charge in [-0.15, -0.1) is 0 Å². The third-order valence-electron chi connectivity index (χ3n) is 2.22. The van der Waals surface area contributed by atoms with Gasteiger partial charge in [-0.05, 0) is 31.0 Å². The molecule has 1 aromatic carbocycles. The molecule has 0 atom stereocenters. The van der Waals surface area contributed by atoms with Gasteiger partial charge in [0.2, 0.25) is 0 Å². The lowest BCUT2D eigenvalue weighted by molar-refractivity contribution is 0.410. The average Bonchev–Trinajstić information content (AvgIpc) is 2.57. The van der Waals surface area contributed by atoms with Crippen molar-refractivity contribution in [2.24, 2.45) is 0 Å². The molecule has 0 aliphatic carbocycles. The van der Waals surface area contributed by atoms with Crippen molar-refractivity contribution >= 4 is 17.3 Å². The van der Waals surface area contributed by atoms with Crippen molar-refractivity contribution in [2.45, 2.75) is 12.8 Å². The molecule has 1 N–H and O–H groups in total. The zero-order valence-electron chi connectivity index (χ0n) is 7.46. The summed E-state index contributed by atoms with van der Waals surface area (Å²) < 4.78 is 0. The van der Waals surface area contributed by atoms with Gasteiger partial charge in [0.1, 0.15) is 0 Å². The van der Waals surface area contributed by atoms with Gasteiger partial charge in [0, 0.05) is 18.1 Å². The highest BCUT2D eigenvalue weighted by Crippen LogP contribution is 2.17. The van der Waals surface area contributed by atoms with Gasteiger partial charge in [-0.25, -0.2) is 5.01 Å². The minimum absolute atomic E-state index is 0.782. The summed E-state index contributed by atoms with van der Waals surface area (Å²) in [5.41, 5.74) is 4.41. The number of anilines is 1. The zero-order chi connectivity index (χ0) is 9.10. The molecule has 0 spiro atoms. The van der Waals surface area contributed by atoms with Gasteiger partial charge < -0.3 is 5.43 Å². The predicted molar refractivity (Wildman–Crippen MR) is 55.9 cm³/mol. The van der Waals surface area contributed by atoms with E-state index in [1.54, 1.807) is 0 Å². The molecule has 13 heavy (non-hydrogen) atoms. The van der Waals surface area contributed by atoms with Crippen LogP contribution in [0.25, 0.3) is 0 Å². The Labute approximate surface area is 83.5 Å². The van der Waals surface area contributed by atoms with E-state index in [1.165, 1.54) is 12.8 Å². The van der Waals surface area contributed by atoms with E-state index in [-0.39, 0.29) is 0 Å². The van der Waals surface area contributed by atoms with Crippen LogP contribution in [0.4, 0.5) is 5.69 Å². The van der Waals surface area contributed by atoms with Crippen molar-refractivity contribution in [3.63, 3.8) is 0 Å². The highest BCUT2D eigenvalue weighted by molar-refractivity contribution is 6.30. The number of rotatable bonds is 2. The van der Waals surface area contributed by atoms with Crippen molar-refractivity contribution in [3.05, 3.63) is 29.3 Å². The normalized spacial score (nSPS) is 17.6. The fourth-order valence-electron chi connectivity index (χ4n) is 1.57. The first-order valence-electron chi connectivity index (χ1n) is 4.62. The first-order chi connectivity index (χ1) is 6.34. The summed E-state index contributed by atoms with van der Waals surface area (Å²) in [5.74, 6) is 0. The highest BCUT2D eigenvalue weighted by atomic mass is 35.5. The van der Waals surface area contributed by atoms with Gasteiger partial charge in [-0.3, -0.25) is 0 Å². The molecule has 0 unspecified atom stereocenters. The third kappa shape index (κ3) is 2.36. The van der Waals surface area contributed by atoms with E-state index in [4.69, 9.17) is 11.6 Å². The summed E-state index contributed by atoms with van der Waals surface area (Å²) in [6, 6.07) is 7.82. The van der Waals surface area contributed by atoms with E-state index in [9.17, 15) is 0 Å². The Kier molecular flexibility index (Phi) is 2.71. The van der Waals surface area contributed by atoms with Crippen molar-refractivity contribution in [1.82, 2.24) is 5.01 Å². The molecular formula is C10H13ClN2. The van der Waals surface area contributed by atoms with Crippen LogP contribution in [0.2, 0.25) is 5.02 Å². The molecule has 0 radical (unpaired) electrons. The Balaban J connectivity index is 2.00. The van der Waals surface area contributed by atoms with E-state index in [2.05, 4.69) is 10.4 Å². The second-order valence-electron chi connectivity index (χ2n) is 3.32. The summed E-state index contributed by atoms with van der Waals surface area (Å²) in [5, 5.41) is 3.01. The molecule has 0 bridgehead atoms. The minimum atomic E-state index is 0.782. The summed E-state index contributed by atoms with van der Waals surface area (Å²) in [6.07, 6.45) is 2.57. The molecule has 1 aromatic rings. The Bertz CT molecular complexity index is 282. The third-order valence-corrected chi connectivity index (χ3v) is 2.45. The van der Waals surface area contributed by atoms with Gasteiger partial charge in [0.05, 0.1) is 5.69 Å². The molecule has 1 fully saturated rings. The van der Waals surface area contributed by atoms with Crippen molar-refractivity contribution in [1.29, 1.82) is 0 Å². The number of hydrogen-bond acceptors (Lipinski definition) is 2. The number of hydrogen-bond donors (Lipinski definition) is 1. The molecule has 0 aromatic heterocycles. The van der Waals surface area contributed by atoms with Crippen LogP contribution in [0.3, 0.4) is 0 Å². The second kappa shape index (κ2) is 3.99. The smallest absolute Gasteiger partial charge is 0.0504 e. The summed E-state index contributed by atoms with van der Waals surface area (Å²) in [7, 11) is 0. The first kappa shape index (κ1) is 8.85. The van der Waals surface area contributed by atoms with Crippen LogP contribution in [0.5, 0.6) is 0 Å². The van der Waals surface area contributed by atoms with Crippen LogP contribution < -0.4 is 5.43 Å². The fraction of sp³-hybridized carbons (Fsp3) is 0.400. The average molecular weight is 197 g/mol. The maximum atomic E-state index is 5.87. The summed E-state index contributed by atoms with van der Waals surface area (Å²) >= 11 is 5.87. The topological polar surface area (TPSA) is 15.3 Å². The maximum absolute atomic E-state index is 5.87. The van der Waals surface area contributed by atoms with E-state index < -0.39 is 0 Å². The number of nitrogens with one attached hydrogen (secondary N) is 1. The molecule has 2 nitrogen and oxygen atoms in total. The molecule has 2 rings (SSSR count). The highest BCUT2D eigenvalue weighted by Gasteiger charge is 2.10. The SMILES string of the molecule is Clc1cccc(NN2CCCC2)c1. The Morgan fingerprint density at radius 3 is 2.69 bits per heavy atom. The standard InChI is InChI=1S/C10H13ClN2/c11-9-4-3-5-10(8-9)12-13-6-1-2-7-13/h3-5,8,12H,1-2,6-7H2. The van der Waals surface area contributed by atoms with Gasteiger partial charge in [-0.1, -0.05) is 17.7 Å². The van der Waals surface area contributed by atoms with E-state index >= 15 is 0 Å². The van der Waals surface area contributed by atoms with Crippen LogP contribution in [-0.4, -0.2) is 18.1 Å². The van der Waals surface area contributed by atoms with Gasteiger partial charge in [0.15, 0.2) is 0 Å². The summed E-state index contributed by atoms with van der Waals surface area (Å²) in [6.45, 7) is 2.26. The van der Waals surface area contributed by atoms with Crippen LogP contribution in [0.1, 0.15) is 12.8 Å². The molecule has 1 saturated heterocycles. The molecule has 0 amide bonds. The lowest BCUT2D eigenvalue weighted by atomic mass is 10.3. The molecule has 3 heteroatoms. The lowest BCUT2D eigenvalue weighted by Gasteiger charge is -2.17. The maximum Gasteiger partial charge on any atom is 0.0504 e. The van der Waals surface area contributed by atoms with Crippen molar-refractivity contribution in [3.8, 4) is 0 Å². The Morgan fingerprint density at radius 1 is 1.23 bits per heavy atom.